The minimum atomic E-state index is -0.974. The zero-order valence-electron chi connectivity index (χ0n) is 7.82. The number of carboxylic acid groups (broad SMARTS) is 1. The number of hydrogen-bond donors (Lipinski definition) is 4. The zero-order valence-corrected chi connectivity index (χ0v) is 8.64. The van der Waals surface area contributed by atoms with Gasteiger partial charge in [-0.05, 0) is 12.8 Å². The lowest BCUT2D eigenvalue weighted by molar-refractivity contribution is -0.138. The van der Waals surface area contributed by atoms with Crippen LogP contribution >= 0.6 is 12.4 Å². The molecule has 0 aromatic heterocycles. The smallest absolute Gasteiger partial charge is 0.320 e. The average Bonchev–Trinajstić information content (AvgIpc) is 1.97. The highest BCUT2D eigenvalue weighted by atomic mass is 35.5. The molecule has 0 aromatic carbocycles. The summed E-state index contributed by atoms with van der Waals surface area (Å²) in [7, 11) is 0. The molecule has 0 aliphatic carbocycles. The van der Waals surface area contributed by atoms with Crippen molar-refractivity contribution in [2.75, 3.05) is 0 Å². The standard InChI is InChI=1S/C7H15N3O2.ClH.H2O/c8-5(7(11)12)3-1-2-4-6(9)10;;/h5H,1-4,8H2,(H3,9,10)(H,11,12);1H;1H2. The van der Waals surface area contributed by atoms with E-state index in [1.807, 2.05) is 0 Å². The summed E-state index contributed by atoms with van der Waals surface area (Å²) < 4.78 is 0. The molecule has 0 amide bonds. The SMILES string of the molecule is Cl.N=C(N)CCCCC(N)C(=O)O.O. The van der Waals surface area contributed by atoms with Gasteiger partial charge in [0, 0.05) is 6.42 Å². The highest BCUT2D eigenvalue weighted by Crippen LogP contribution is 2.01. The molecule has 0 saturated heterocycles. The molecule has 86 valence electrons. The predicted molar refractivity (Wildman–Crippen MR) is 56.9 cm³/mol. The third kappa shape index (κ3) is 11.2. The molecule has 8 N–H and O–H groups in total. The molecular weight excluding hydrogens is 210 g/mol. The average molecular weight is 228 g/mol. The molecule has 0 aliphatic rings. The van der Waals surface area contributed by atoms with E-state index in [0.29, 0.717) is 19.3 Å². The van der Waals surface area contributed by atoms with Crippen molar-refractivity contribution in [1.29, 1.82) is 5.41 Å². The van der Waals surface area contributed by atoms with Gasteiger partial charge in [-0.15, -0.1) is 12.4 Å². The molecule has 0 spiro atoms. The maximum absolute atomic E-state index is 10.2. The van der Waals surface area contributed by atoms with Gasteiger partial charge in [0.25, 0.3) is 0 Å². The van der Waals surface area contributed by atoms with E-state index in [1.54, 1.807) is 0 Å². The Hall–Kier alpha value is -0.850. The van der Waals surface area contributed by atoms with E-state index >= 15 is 0 Å². The summed E-state index contributed by atoms with van der Waals surface area (Å²) >= 11 is 0. The fourth-order valence-electron chi connectivity index (χ4n) is 0.803. The second-order valence-electron chi connectivity index (χ2n) is 2.72. The molecule has 0 fully saturated rings. The maximum Gasteiger partial charge on any atom is 0.320 e. The molecule has 0 rings (SSSR count). The summed E-state index contributed by atoms with van der Waals surface area (Å²) in [5.74, 6) is -0.836. The number of carboxylic acids is 1. The van der Waals surface area contributed by atoms with Gasteiger partial charge >= 0.3 is 5.97 Å². The van der Waals surface area contributed by atoms with Crippen molar-refractivity contribution in [1.82, 2.24) is 0 Å². The van der Waals surface area contributed by atoms with E-state index < -0.39 is 12.0 Å². The predicted octanol–water partition coefficient (Wildman–Crippen LogP) is -0.508. The Bertz CT molecular complexity index is 178. The van der Waals surface area contributed by atoms with Gasteiger partial charge in [-0.2, -0.15) is 0 Å². The molecule has 1 unspecified atom stereocenters. The van der Waals surface area contributed by atoms with Crippen molar-refractivity contribution in [2.24, 2.45) is 11.5 Å². The second kappa shape index (κ2) is 10.2. The van der Waals surface area contributed by atoms with Crippen molar-refractivity contribution in [3.05, 3.63) is 0 Å². The topological polar surface area (TPSA) is 145 Å². The van der Waals surface area contributed by atoms with Crippen molar-refractivity contribution in [3.8, 4) is 0 Å². The first kappa shape index (κ1) is 18.8. The van der Waals surface area contributed by atoms with E-state index in [2.05, 4.69) is 0 Å². The fraction of sp³-hybridized carbons (Fsp3) is 0.714. The van der Waals surface area contributed by atoms with E-state index in [4.69, 9.17) is 22.0 Å². The maximum atomic E-state index is 10.2. The monoisotopic (exact) mass is 227 g/mol. The number of hydrogen-bond acceptors (Lipinski definition) is 3. The minimum Gasteiger partial charge on any atom is -0.480 e. The summed E-state index contributed by atoms with van der Waals surface area (Å²) in [6.45, 7) is 0. The van der Waals surface area contributed by atoms with Crippen LogP contribution in [0.5, 0.6) is 0 Å². The van der Waals surface area contributed by atoms with Gasteiger partial charge in [-0.3, -0.25) is 10.2 Å². The second-order valence-corrected chi connectivity index (χ2v) is 2.72. The molecule has 0 saturated carbocycles. The molecule has 0 bridgehead atoms. The number of nitrogens with one attached hydrogen (secondary N) is 1. The molecule has 0 aliphatic heterocycles. The first-order valence-electron chi connectivity index (χ1n) is 3.85. The molecule has 0 aromatic rings. The minimum absolute atomic E-state index is 0. The molecule has 1 atom stereocenters. The number of rotatable bonds is 6. The summed E-state index contributed by atoms with van der Waals surface area (Å²) in [6.07, 6.45) is 2.40. The summed E-state index contributed by atoms with van der Waals surface area (Å²) in [5, 5.41) is 15.3. The lowest BCUT2D eigenvalue weighted by Crippen LogP contribution is -2.29. The highest BCUT2D eigenvalue weighted by Gasteiger charge is 2.09. The number of halogens is 1. The van der Waals surface area contributed by atoms with Gasteiger partial charge in [-0.1, -0.05) is 6.42 Å². The first-order valence-corrected chi connectivity index (χ1v) is 3.85. The number of aliphatic carboxylic acids is 1. The summed E-state index contributed by atoms with van der Waals surface area (Å²) in [4.78, 5) is 10.2. The Morgan fingerprint density at radius 2 is 1.93 bits per heavy atom. The Morgan fingerprint density at radius 1 is 1.43 bits per heavy atom. The summed E-state index contributed by atoms with van der Waals surface area (Å²) in [5.41, 5.74) is 10.4. The van der Waals surface area contributed by atoms with Crippen LogP contribution in [0.15, 0.2) is 0 Å². The van der Waals surface area contributed by atoms with Crippen LogP contribution in [0.25, 0.3) is 0 Å². The summed E-state index contributed by atoms with van der Waals surface area (Å²) in [6, 6.07) is -0.781. The van der Waals surface area contributed by atoms with Crippen molar-refractivity contribution < 1.29 is 15.4 Å². The van der Waals surface area contributed by atoms with Gasteiger partial charge in [0.15, 0.2) is 0 Å². The van der Waals surface area contributed by atoms with Crippen LogP contribution in [0.3, 0.4) is 0 Å². The van der Waals surface area contributed by atoms with Gasteiger partial charge in [0.05, 0.1) is 5.84 Å². The number of nitrogens with two attached hydrogens (primary N) is 2. The zero-order chi connectivity index (χ0) is 9.56. The van der Waals surface area contributed by atoms with Crippen LogP contribution in [-0.2, 0) is 4.79 Å². The quantitative estimate of drug-likeness (QED) is 0.275. The fourth-order valence-corrected chi connectivity index (χ4v) is 0.803. The third-order valence-electron chi connectivity index (χ3n) is 1.53. The van der Waals surface area contributed by atoms with Gasteiger partial charge in [-0.25, -0.2) is 0 Å². The van der Waals surface area contributed by atoms with E-state index in [9.17, 15) is 4.79 Å². The van der Waals surface area contributed by atoms with Crippen LogP contribution in [-0.4, -0.2) is 28.4 Å². The third-order valence-corrected chi connectivity index (χ3v) is 1.53. The van der Waals surface area contributed by atoms with Crippen molar-refractivity contribution in [2.45, 2.75) is 31.7 Å². The normalized spacial score (nSPS) is 10.6. The van der Waals surface area contributed by atoms with E-state index in [0.717, 1.165) is 6.42 Å². The van der Waals surface area contributed by atoms with Crippen LogP contribution < -0.4 is 11.5 Å². The van der Waals surface area contributed by atoms with E-state index in [1.165, 1.54) is 0 Å². The number of amidine groups is 1. The van der Waals surface area contributed by atoms with Gasteiger partial charge in [0.1, 0.15) is 6.04 Å². The molecule has 0 radical (unpaired) electrons. The lowest BCUT2D eigenvalue weighted by atomic mass is 10.1. The van der Waals surface area contributed by atoms with Crippen LogP contribution in [0, 0.1) is 5.41 Å². The van der Waals surface area contributed by atoms with E-state index in [-0.39, 0.29) is 23.7 Å². The van der Waals surface area contributed by atoms with Crippen LogP contribution in [0.4, 0.5) is 0 Å². The Balaban J connectivity index is -0.000000605. The molecule has 0 heterocycles. The molecule has 7 heteroatoms. The largest absolute Gasteiger partial charge is 0.480 e. The molecule has 6 nitrogen and oxygen atoms in total. The van der Waals surface area contributed by atoms with Gasteiger partial charge < -0.3 is 22.1 Å². The highest BCUT2D eigenvalue weighted by molar-refractivity contribution is 5.85. The van der Waals surface area contributed by atoms with Crippen LogP contribution in [0.1, 0.15) is 25.7 Å². The lowest BCUT2D eigenvalue weighted by Gasteiger charge is -2.04. The van der Waals surface area contributed by atoms with Crippen LogP contribution in [0.2, 0.25) is 0 Å². The number of unbranched alkanes of at least 4 members (excludes halogenated alkanes) is 1. The van der Waals surface area contributed by atoms with Gasteiger partial charge in [0.2, 0.25) is 0 Å². The Kier molecular flexibility index (Phi) is 13.8. The Morgan fingerprint density at radius 3 is 2.29 bits per heavy atom. The first-order chi connectivity index (χ1) is 5.54. The van der Waals surface area contributed by atoms with Crippen molar-refractivity contribution >= 4 is 24.2 Å². The molecular formula is C7H18ClN3O3. The molecule has 14 heavy (non-hydrogen) atoms. The van der Waals surface area contributed by atoms with Crippen molar-refractivity contribution in [3.63, 3.8) is 0 Å². The Labute approximate surface area is 88.9 Å². The number of carbonyl (C=O) groups is 1.